The Kier molecular flexibility index (Phi) is 4.58. The summed E-state index contributed by atoms with van der Waals surface area (Å²) in [5.74, 6) is -1.08. The summed E-state index contributed by atoms with van der Waals surface area (Å²) in [7, 11) is -7.49. The van der Waals surface area contributed by atoms with E-state index in [2.05, 4.69) is 14.9 Å². The molecule has 0 unspecified atom stereocenters. The molecule has 3 rings (SSSR count). The van der Waals surface area contributed by atoms with Crippen LogP contribution in [0.1, 0.15) is 20.1 Å². The van der Waals surface area contributed by atoms with E-state index in [1.165, 1.54) is 24.3 Å². The first-order valence-electron chi connectivity index (χ1n) is 7.12. The number of fused-ring (bicyclic) bond motifs is 1. The number of hydrogen-bond donors (Lipinski definition) is 1. The number of benzene rings is 1. The molecule has 0 radical (unpaired) electrons. The monoisotopic (exact) mass is 415 g/mol. The highest BCUT2D eigenvalue weighted by Crippen LogP contribution is 2.25. The predicted octanol–water partition coefficient (Wildman–Crippen LogP) is 1.26. The highest BCUT2D eigenvalue weighted by Gasteiger charge is 2.25. The highest BCUT2D eigenvalue weighted by molar-refractivity contribution is 7.90. The van der Waals surface area contributed by atoms with Crippen molar-refractivity contribution in [3.63, 3.8) is 0 Å². The molecular weight excluding hydrogens is 402 g/mol. The molecule has 1 N–H and O–H groups in total. The summed E-state index contributed by atoms with van der Waals surface area (Å²) >= 11 is 1.02. The third-order valence-corrected chi connectivity index (χ3v) is 6.72. The van der Waals surface area contributed by atoms with Gasteiger partial charge < -0.3 is 0 Å². The Morgan fingerprint density at radius 1 is 1.23 bits per heavy atom. The molecule has 0 fully saturated rings. The van der Waals surface area contributed by atoms with Gasteiger partial charge in [-0.15, -0.1) is 11.3 Å². The lowest BCUT2D eigenvalue weighted by atomic mass is 10.3. The summed E-state index contributed by atoms with van der Waals surface area (Å²) in [4.78, 5) is 12.8. The van der Waals surface area contributed by atoms with Crippen molar-refractivity contribution < 1.29 is 26.3 Å². The molecule has 26 heavy (non-hydrogen) atoms. The molecule has 12 heteroatoms. The lowest BCUT2D eigenvalue weighted by Gasteiger charge is -2.05. The molecule has 2 heterocycles. The Morgan fingerprint density at radius 2 is 1.96 bits per heavy atom. The van der Waals surface area contributed by atoms with Crippen LogP contribution in [0.15, 0.2) is 33.8 Å². The van der Waals surface area contributed by atoms with Gasteiger partial charge in [0.25, 0.3) is 15.9 Å². The molecule has 0 spiro atoms. The van der Waals surface area contributed by atoms with E-state index in [1.54, 1.807) is 6.92 Å². The van der Waals surface area contributed by atoms with Gasteiger partial charge in [-0.1, -0.05) is 6.07 Å². The third kappa shape index (κ3) is 3.76. The first-order chi connectivity index (χ1) is 12.1. The van der Waals surface area contributed by atoms with Crippen molar-refractivity contribution in [3.05, 3.63) is 39.6 Å². The van der Waals surface area contributed by atoms with Crippen molar-refractivity contribution >= 4 is 48.1 Å². The van der Waals surface area contributed by atoms with Gasteiger partial charge in [0, 0.05) is 11.1 Å². The second kappa shape index (κ2) is 6.45. The van der Waals surface area contributed by atoms with Crippen LogP contribution in [0.2, 0.25) is 0 Å². The van der Waals surface area contributed by atoms with Crippen LogP contribution in [0, 0.1) is 6.92 Å². The minimum absolute atomic E-state index is 0.00734. The zero-order valence-electron chi connectivity index (χ0n) is 13.6. The predicted molar refractivity (Wildman–Crippen MR) is 94.1 cm³/mol. The van der Waals surface area contributed by atoms with Crippen molar-refractivity contribution in [1.29, 1.82) is 0 Å². The molecule has 1 aromatic carbocycles. The summed E-state index contributed by atoms with van der Waals surface area (Å²) in [5.41, 5.74) is 0.707. The first-order valence-corrected chi connectivity index (χ1v) is 11.5. The number of aromatic nitrogens is 2. The van der Waals surface area contributed by atoms with Crippen LogP contribution in [-0.4, -0.2) is 39.3 Å². The van der Waals surface area contributed by atoms with Crippen LogP contribution in [0.4, 0.5) is 0 Å². The van der Waals surface area contributed by atoms with Gasteiger partial charge in [0.2, 0.25) is 0 Å². The van der Waals surface area contributed by atoms with E-state index in [1.807, 2.05) is 4.72 Å². The number of aryl methyl sites for hydroxylation is 1. The van der Waals surface area contributed by atoms with Crippen molar-refractivity contribution in [1.82, 2.24) is 15.0 Å². The fraction of sp³-hybridized carbons (Fsp3) is 0.214. The molecule has 1 amide bonds. The summed E-state index contributed by atoms with van der Waals surface area (Å²) in [6.07, 6.45) is 1.08. The molecule has 3 aromatic rings. The zero-order chi connectivity index (χ0) is 19.1. The van der Waals surface area contributed by atoms with E-state index < -0.39 is 25.8 Å². The van der Waals surface area contributed by atoms with E-state index in [0.29, 0.717) is 10.4 Å². The number of sulfone groups is 1. The van der Waals surface area contributed by atoms with Gasteiger partial charge in [0.1, 0.15) is 10.4 Å². The maximum absolute atomic E-state index is 12.5. The van der Waals surface area contributed by atoms with E-state index in [0.717, 1.165) is 17.6 Å². The Balaban J connectivity index is 1.90. The van der Waals surface area contributed by atoms with Crippen molar-refractivity contribution in [2.45, 2.75) is 17.6 Å². The Morgan fingerprint density at radius 3 is 2.65 bits per heavy atom. The second-order valence-corrected chi connectivity index (χ2v) is 10.6. The van der Waals surface area contributed by atoms with Gasteiger partial charge in [0.15, 0.2) is 15.4 Å². The van der Waals surface area contributed by atoms with Crippen LogP contribution in [0.5, 0.6) is 0 Å². The summed E-state index contributed by atoms with van der Waals surface area (Å²) in [6, 6.07) is 5.62. The Hall–Kier alpha value is -2.31. The molecule has 9 nitrogen and oxygen atoms in total. The van der Waals surface area contributed by atoms with Crippen LogP contribution >= 0.6 is 11.3 Å². The van der Waals surface area contributed by atoms with Gasteiger partial charge in [-0.05, 0) is 41.0 Å². The average Bonchev–Trinajstić information content (AvgIpc) is 3.12. The molecule has 0 bridgehead atoms. The van der Waals surface area contributed by atoms with Gasteiger partial charge >= 0.3 is 0 Å². The zero-order valence-corrected chi connectivity index (χ0v) is 16.0. The molecule has 2 aromatic heterocycles. The van der Waals surface area contributed by atoms with Gasteiger partial charge in [-0.25, -0.2) is 26.2 Å². The molecular formula is C14H13N3O6S3. The molecule has 138 valence electrons. The van der Waals surface area contributed by atoms with Crippen LogP contribution in [-0.2, 0) is 25.6 Å². The molecule has 0 aliphatic rings. The lowest BCUT2D eigenvalue weighted by molar-refractivity contribution is 0.0985. The van der Waals surface area contributed by atoms with Gasteiger partial charge in [-0.3, -0.25) is 4.79 Å². The topological polar surface area (TPSA) is 136 Å². The normalized spacial score (nSPS) is 12.4. The molecule has 0 saturated carbocycles. The molecule has 0 aliphatic carbocycles. The van der Waals surface area contributed by atoms with Crippen LogP contribution < -0.4 is 4.72 Å². The summed E-state index contributed by atoms with van der Waals surface area (Å²) < 4.78 is 54.4. The number of sulfonamides is 1. The fourth-order valence-corrected chi connectivity index (χ4v) is 5.36. The lowest BCUT2D eigenvalue weighted by Crippen LogP contribution is -2.30. The van der Waals surface area contributed by atoms with Crippen molar-refractivity contribution in [2.75, 3.05) is 6.26 Å². The number of carbonyl (C=O) groups excluding carboxylic acids is 1. The summed E-state index contributed by atoms with van der Waals surface area (Å²) in [5, 5.41) is 7.10. The van der Waals surface area contributed by atoms with Crippen molar-refractivity contribution in [2.24, 2.45) is 0 Å². The first kappa shape index (κ1) is 18.5. The number of nitrogens with one attached hydrogen (secondary N) is 1. The maximum Gasteiger partial charge on any atom is 0.275 e. The molecule has 0 saturated heterocycles. The largest absolute Gasteiger partial charge is 0.275 e. The average molecular weight is 415 g/mol. The standard InChI is InChI=1S/C14H13N3O6S3/c1-8-9(7-25(2,19)20)6-11(24-8)14(18)17-26(21,22)12-5-3-4-10-13(12)16-23-15-10/h3-6H,7H2,1-2H3,(H,17,18). The fourth-order valence-electron chi connectivity index (χ4n) is 2.28. The molecule has 0 atom stereocenters. The maximum atomic E-state index is 12.5. The van der Waals surface area contributed by atoms with Crippen molar-refractivity contribution in [3.8, 4) is 0 Å². The number of hydrogen-bond acceptors (Lipinski definition) is 9. The number of amides is 1. The quantitative estimate of drug-likeness (QED) is 0.657. The van der Waals surface area contributed by atoms with Crippen LogP contribution in [0.25, 0.3) is 11.0 Å². The van der Waals surface area contributed by atoms with E-state index in [-0.39, 0.29) is 26.6 Å². The third-order valence-electron chi connectivity index (χ3n) is 3.43. The van der Waals surface area contributed by atoms with Gasteiger partial charge in [-0.2, -0.15) is 0 Å². The minimum atomic E-state index is -4.22. The summed E-state index contributed by atoms with van der Waals surface area (Å²) in [6.45, 7) is 1.66. The SMILES string of the molecule is Cc1sc(C(=O)NS(=O)(=O)c2cccc3nonc23)cc1CS(C)(=O)=O. The van der Waals surface area contributed by atoms with E-state index in [9.17, 15) is 21.6 Å². The Labute approximate surface area is 153 Å². The van der Waals surface area contributed by atoms with E-state index in [4.69, 9.17) is 0 Å². The number of nitrogens with zero attached hydrogens (tertiary/aromatic N) is 2. The number of rotatable bonds is 5. The van der Waals surface area contributed by atoms with E-state index >= 15 is 0 Å². The Bertz CT molecular complexity index is 1210. The highest BCUT2D eigenvalue weighted by atomic mass is 32.2. The number of carbonyl (C=O) groups is 1. The number of thiophene rings is 1. The minimum Gasteiger partial charge on any atom is -0.267 e. The smallest absolute Gasteiger partial charge is 0.267 e. The second-order valence-electron chi connectivity index (χ2n) is 5.58. The molecule has 0 aliphatic heterocycles. The van der Waals surface area contributed by atoms with Gasteiger partial charge in [0.05, 0.1) is 10.6 Å². The van der Waals surface area contributed by atoms with Crippen LogP contribution in [0.3, 0.4) is 0 Å².